The maximum absolute atomic E-state index is 3.88. The highest BCUT2D eigenvalue weighted by Gasteiger charge is 2.02. The van der Waals surface area contributed by atoms with Crippen molar-refractivity contribution in [3.63, 3.8) is 0 Å². The van der Waals surface area contributed by atoms with Gasteiger partial charge >= 0.3 is 0 Å². The molecule has 0 amide bonds. The second-order valence-electron chi connectivity index (χ2n) is 2.80. The SMILES string of the molecule is CCn1nnnc1NCc1ccsc1. The van der Waals surface area contributed by atoms with Crippen molar-refractivity contribution in [2.24, 2.45) is 0 Å². The number of rotatable bonds is 4. The Morgan fingerprint density at radius 3 is 3.21 bits per heavy atom. The summed E-state index contributed by atoms with van der Waals surface area (Å²) >= 11 is 1.69. The first kappa shape index (κ1) is 9.14. The minimum Gasteiger partial charge on any atom is -0.349 e. The summed E-state index contributed by atoms with van der Waals surface area (Å²) < 4.78 is 1.73. The van der Waals surface area contributed by atoms with Crippen LogP contribution in [0.15, 0.2) is 16.8 Å². The average molecular weight is 209 g/mol. The summed E-state index contributed by atoms with van der Waals surface area (Å²) in [4.78, 5) is 0. The van der Waals surface area contributed by atoms with Gasteiger partial charge in [0.1, 0.15) is 0 Å². The zero-order valence-electron chi connectivity index (χ0n) is 7.84. The largest absolute Gasteiger partial charge is 0.349 e. The number of hydrogen-bond donors (Lipinski definition) is 1. The Balaban J connectivity index is 1.98. The van der Waals surface area contributed by atoms with E-state index in [1.54, 1.807) is 16.0 Å². The molecular formula is C8H11N5S. The van der Waals surface area contributed by atoms with E-state index in [1.165, 1.54) is 5.56 Å². The second-order valence-corrected chi connectivity index (χ2v) is 3.58. The molecule has 0 saturated heterocycles. The molecule has 74 valence electrons. The van der Waals surface area contributed by atoms with Crippen LogP contribution in [0.4, 0.5) is 5.95 Å². The first-order valence-corrected chi connectivity index (χ1v) is 5.35. The summed E-state index contributed by atoms with van der Waals surface area (Å²) in [5.41, 5.74) is 1.25. The van der Waals surface area contributed by atoms with E-state index >= 15 is 0 Å². The molecule has 0 aromatic carbocycles. The van der Waals surface area contributed by atoms with Gasteiger partial charge in [0.2, 0.25) is 5.95 Å². The van der Waals surface area contributed by atoms with Crippen LogP contribution in [0.3, 0.4) is 0 Å². The van der Waals surface area contributed by atoms with Crippen LogP contribution >= 0.6 is 11.3 Å². The van der Waals surface area contributed by atoms with Crippen molar-refractivity contribution in [1.29, 1.82) is 0 Å². The Hall–Kier alpha value is -1.43. The molecule has 0 fully saturated rings. The predicted octanol–water partition coefficient (Wildman–Crippen LogP) is 1.37. The van der Waals surface area contributed by atoms with Gasteiger partial charge in [-0.3, -0.25) is 0 Å². The number of thiophene rings is 1. The van der Waals surface area contributed by atoms with Gasteiger partial charge in [-0.2, -0.15) is 11.3 Å². The number of aryl methyl sites for hydroxylation is 1. The summed E-state index contributed by atoms with van der Waals surface area (Å²) in [6.07, 6.45) is 0. The minimum absolute atomic E-state index is 0.721. The van der Waals surface area contributed by atoms with Crippen molar-refractivity contribution in [1.82, 2.24) is 20.2 Å². The van der Waals surface area contributed by atoms with Crippen LogP contribution in [0.5, 0.6) is 0 Å². The third-order valence-corrected chi connectivity index (χ3v) is 2.59. The van der Waals surface area contributed by atoms with Crippen molar-refractivity contribution < 1.29 is 0 Å². The van der Waals surface area contributed by atoms with Gasteiger partial charge in [-0.15, -0.1) is 0 Å². The zero-order valence-corrected chi connectivity index (χ0v) is 8.66. The fourth-order valence-corrected chi connectivity index (χ4v) is 1.79. The van der Waals surface area contributed by atoms with Crippen LogP contribution in [0, 0.1) is 0 Å². The van der Waals surface area contributed by atoms with Gasteiger partial charge in [0.15, 0.2) is 0 Å². The minimum atomic E-state index is 0.721. The van der Waals surface area contributed by atoms with Crippen LogP contribution in [0.2, 0.25) is 0 Å². The molecule has 1 N–H and O–H groups in total. The lowest BCUT2D eigenvalue weighted by Crippen LogP contribution is -2.07. The molecule has 0 aliphatic rings. The molecule has 0 spiro atoms. The smallest absolute Gasteiger partial charge is 0.243 e. The number of nitrogens with zero attached hydrogens (tertiary/aromatic N) is 4. The monoisotopic (exact) mass is 209 g/mol. The molecule has 2 rings (SSSR count). The lowest BCUT2D eigenvalue weighted by atomic mass is 10.3. The number of tetrazole rings is 1. The highest BCUT2D eigenvalue weighted by molar-refractivity contribution is 7.07. The summed E-state index contributed by atoms with van der Waals surface area (Å²) in [6, 6.07) is 2.08. The van der Waals surface area contributed by atoms with Gasteiger partial charge < -0.3 is 5.32 Å². The molecule has 0 aliphatic carbocycles. The summed E-state index contributed by atoms with van der Waals surface area (Å²) in [7, 11) is 0. The number of hydrogen-bond acceptors (Lipinski definition) is 5. The maximum atomic E-state index is 3.88. The lowest BCUT2D eigenvalue weighted by molar-refractivity contribution is 0.629. The van der Waals surface area contributed by atoms with E-state index in [9.17, 15) is 0 Å². The van der Waals surface area contributed by atoms with E-state index in [1.807, 2.05) is 6.92 Å². The Labute approximate surface area is 85.8 Å². The van der Waals surface area contributed by atoms with Gasteiger partial charge in [0.05, 0.1) is 0 Å². The van der Waals surface area contributed by atoms with Crippen LogP contribution in [-0.4, -0.2) is 20.2 Å². The molecule has 5 nitrogen and oxygen atoms in total. The van der Waals surface area contributed by atoms with Crippen LogP contribution in [0.1, 0.15) is 12.5 Å². The van der Waals surface area contributed by atoms with Crippen molar-refractivity contribution in [3.8, 4) is 0 Å². The molecule has 0 bridgehead atoms. The van der Waals surface area contributed by atoms with E-state index in [4.69, 9.17) is 0 Å². The molecule has 14 heavy (non-hydrogen) atoms. The fraction of sp³-hybridized carbons (Fsp3) is 0.375. The highest BCUT2D eigenvalue weighted by Crippen LogP contribution is 2.08. The Morgan fingerprint density at radius 1 is 1.57 bits per heavy atom. The second kappa shape index (κ2) is 4.19. The van der Waals surface area contributed by atoms with Gasteiger partial charge in [0.25, 0.3) is 0 Å². The van der Waals surface area contributed by atoms with Crippen molar-refractivity contribution >= 4 is 17.3 Å². The summed E-state index contributed by atoms with van der Waals surface area (Å²) in [5.74, 6) is 0.721. The first-order valence-electron chi connectivity index (χ1n) is 4.41. The highest BCUT2D eigenvalue weighted by atomic mass is 32.1. The quantitative estimate of drug-likeness (QED) is 0.826. The Kier molecular flexibility index (Phi) is 2.73. The predicted molar refractivity (Wildman–Crippen MR) is 55.1 cm³/mol. The number of nitrogens with one attached hydrogen (secondary N) is 1. The van der Waals surface area contributed by atoms with Crippen molar-refractivity contribution in [3.05, 3.63) is 22.4 Å². The van der Waals surface area contributed by atoms with Crippen LogP contribution < -0.4 is 5.32 Å². The fourth-order valence-electron chi connectivity index (χ4n) is 1.12. The first-order chi connectivity index (χ1) is 6.90. The topological polar surface area (TPSA) is 55.6 Å². The molecule has 0 aliphatic heterocycles. The Morgan fingerprint density at radius 2 is 2.50 bits per heavy atom. The maximum Gasteiger partial charge on any atom is 0.243 e. The van der Waals surface area contributed by atoms with Gasteiger partial charge in [0, 0.05) is 13.1 Å². The van der Waals surface area contributed by atoms with Gasteiger partial charge in [-0.25, -0.2) is 4.68 Å². The van der Waals surface area contributed by atoms with Gasteiger partial charge in [-0.05, 0) is 39.7 Å². The molecule has 0 unspecified atom stereocenters. The standard InChI is InChI=1S/C8H11N5S/c1-2-13-8(10-11-12-13)9-5-7-3-4-14-6-7/h3-4,6H,2,5H2,1H3,(H,9,10,12). The van der Waals surface area contributed by atoms with Gasteiger partial charge in [-0.1, -0.05) is 5.10 Å². The van der Waals surface area contributed by atoms with Crippen LogP contribution in [0.25, 0.3) is 0 Å². The molecule has 0 radical (unpaired) electrons. The average Bonchev–Trinajstić information content (AvgIpc) is 2.85. The zero-order chi connectivity index (χ0) is 9.80. The normalized spacial score (nSPS) is 10.4. The molecule has 2 heterocycles. The molecule has 6 heteroatoms. The summed E-state index contributed by atoms with van der Waals surface area (Å²) in [5, 5.41) is 18.6. The molecule has 2 aromatic rings. The van der Waals surface area contributed by atoms with E-state index in [0.717, 1.165) is 19.0 Å². The van der Waals surface area contributed by atoms with E-state index in [-0.39, 0.29) is 0 Å². The molecule has 0 saturated carbocycles. The molecule has 0 atom stereocenters. The van der Waals surface area contributed by atoms with E-state index in [2.05, 4.69) is 37.7 Å². The molecular weight excluding hydrogens is 198 g/mol. The number of aromatic nitrogens is 4. The molecule has 2 aromatic heterocycles. The third-order valence-electron chi connectivity index (χ3n) is 1.86. The van der Waals surface area contributed by atoms with Crippen molar-refractivity contribution in [2.75, 3.05) is 5.32 Å². The third kappa shape index (κ3) is 1.90. The number of anilines is 1. The lowest BCUT2D eigenvalue weighted by Gasteiger charge is -2.02. The van der Waals surface area contributed by atoms with E-state index in [0.29, 0.717) is 0 Å². The Bertz CT molecular complexity index is 380. The summed E-state index contributed by atoms with van der Waals surface area (Å²) in [6.45, 7) is 3.55. The van der Waals surface area contributed by atoms with Crippen molar-refractivity contribution in [2.45, 2.75) is 20.0 Å². The van der Waals surface area contributed by atoms with E-state index < -0.39 is 0 Å². The van der Waals surface area contributed by atoms with Crippen LogP contribution in [-0.2, 0) is 13.1 Å².